The number of hydrogen-bond donors (Lipinski definition) is 2. The number of nitrogens with one attached hydrogen (secondary N) is 2. The molecular weight excluding hydrogens is 374 g/mol. The number of nitrogens with zero attached hydrogens (tertiary/aromatic N) is 3. The Kier molecular flexibility index (Phi) is 6.76. The second-order valence-electron chi connectivity index (χ2n) is 6.19. The van der Waals surface area contributed by atoms with E-state index in [4.69, 9.17) is 9.47 Å². The van der Waals surface area contributed by atoms with Crippen molar-refractivity contribution in [2.75, 3.05) is 20.3 Å². The summed E-state index contributed by atoms with van der Waals surface area (Å²) in [6, 6.07) is 6.06. The number of benzene rings is 1. The molecule has 0 aliphatic carbocycles. The van der Waals surface area contributed by atoms with Crippen molar-refractivity contribution in [1.82, 2.24) is 20.0 Å². The molecule has 0 radical (unpaired) electrons. The van der Waals surface area contributed by atoms with E-state index in [2.05, 4.69) is 27.5 Å². The number of aromatic nitrogens is 2. The van der Waals surface area contributed by atoms with Gasteiger partial charge < -0.3 is 20.1 Å². The van der Waals surface area contributed by atoms with Crippen molar-refractivity contribution >= 4 is 22.3 Å². The van der Waals surface area contributed by atoms with E-state index in [0.717, 1.165) is 33.7 Å². The number of ether oxygens (including phenoxy) is 2. The van der Waals surface area contributed by atoms with E-state index < -0.39 is 0 Å². The molecule has 7 nitrogen and oxygen atoms in total. The van der Waals surface area contributed by atoms with Gasteiger partial charge >= 0.3 is 0 Å². The summed E-state index contributed by atoms with van der Waals surface area (Å²) in [7, 11) is 1.76. The summed E-state index contributed by atoms with van der Waals surface area (Å²) < 4.78 is 13.4. The predicted octanol–water partition coefficient (Wildman–Crippen LogP) is 3.62. The van der Waals surface area contributed by atoms with Crippen molar-refractivity contribution in [2.45, 2.75) is 33.4 Å². The summed E-state index contributed by atoms with van der Waals surface area (Å²) in [4.78, 5) is 9.90. The van der Waals surface area contributed by atoms with Gasteiger partial charge in [-0.2, -0.15) is 0 Å². The lowest BCUT2D eigenvalue weighted by Crippen LogP contribution is -2.38. The third kappa shape index (κ3) is 4.75. The van der Waals surface area contributed by atoms with Crippen LogP contribution in [0.25, 0.3) is 4.96 Å². The maximum Gasteiger partial charge on any atom is 0.193 e. The van der Waals surface area contributed by atoms with E-state index in [1.807, 2.05) is 54.2 Å². The van der Waals surface area contributed by atoms with Crippen LogP contribution in [0.5, 0.6) is 11.5 Å². The Balaban J connectivity index is 1.63. The highest BCUT2D eigenvalue weighted by Gasteiger charge is 2.13. The second-order valence-corrected chi connectivity index (χ2v) is 7.06. The third-order valence-electron chi connectivity index (χ3n) is 4.22. The number of aliphatic imine (C=N–C) groups is 1. The average Bonchev–Trinajstić information content (AvgIpc) is 3.28. The molecule has 150 valence electrons. The first kappa shape index (κ1) is 20.0. The molecule has 1 atom stereocenters. The van der Waals surface area contributed by atoms with E-state index in [1.165, 1.54) is 0 Å². The van der Waals surface area contributed by atoms with E-state index in [-0.39, 0.29) is 6.04 Å². The topological polar surface area (TPSA) is 72.2 Å². The molecule has 3 aromatic rings. The van der Waals surface area contributed by atoms with Gasteiger partial charge in [-0.3, -0.25) is 9.39 Å². The van der Waals surface area contributed by atoms with Crippen molar-refractivity contribution in [2.24, 2.45) is 4.99 Å². The van der Waals surface area contributed by atoms with Crippen molar-refractivity contribution in [1.29, 1.82) is 0 Å². The molecule has 0 spiro atoms. The molecule has 2 aromatic heterocycles. The van der Waals surface area contributed by atoms with Gasteiger partial charge in [0, 0.05) is 24.8 Å². The van der Waals surface area contributed by atoms with Crippen LogP contribution in [0, 0.1) is 0 Å². The van der Waals surface area contributed by atoms with Crippen LogP contribution < -0.4 is 20.1 Å². The Morgan fingerprint density at radius 1 is 1.25 bits per heavy atom. The Labute approximate surface area is 169 Å². The van der Waals surface area contributed by atoms with Crippen LogP contribution in [0.15, 0.2) is 41.0 Å². The summed E-state index contributed by atoms with van der Waals surface area (Å²) in [6.45, 7) is 7.83. The molecule has 0 saturated carbocycles. The number of rotatable bonds is 8. The predicted molar refractivity (Wildman–Crippen MR) is 114 cm³/mol. The van der Waals surface area contributed by atoms with Gasteiger partial charge in [0.05, 0.1) is 31.5 Å². The zero-order valence-electron chi connectivity index (χ0n) is 16.7. The van der Waals surface area contributed by atoms with Gasteiger partial charge in [0.1, 0.15) is 0 Å². The number of thiazole rings is 1. The maximum atomic E-state index is 5.73. The zero-order chi connectivity index (χ0) is 19.9. The lowest BCUT2D eigenvalue weighted by atomic mass is 10.1. The zero-order valence-corrected chi connectivity index (χ0v) is 17.5. The molecule has 1 unspecified atom stereocenters. The van der Waals surface area contributed by atoms with Gasteiger partial charge in [0.15, 0.2) is 22.4 Å². The van der Waals surface area contributed by atoms with E-state index >= 15 is 0 Å². The van der Waals surface area contributed by atoms with Crippen LogP contribution in [-0.4, -0.2) is 35.6 Å². The number of fused-ring (bicyclic) bond motifs is 1. The molecular formula is C20H27N5O2S. The molecule has 0 aliphatic rings. The Morgan fingerprint density at radius 2 is 2.04 bits per heavy atom. The van der Waals surface area contributed by atoms with Gasteiger partial charge in [-0.15, -0.1) is 11.3 Å². The Hall–Kier alpha value is -2.74. The summed E-state index contributed by atoms with van der Waals surface area (Å²) in [5.41, 5.74) is 2.07. The van der Waals surface area contributed by atoms with Gasteiger partial charge in [0.2, 0.25) is 0 Å². The first-order valence-corrected chi connectivity index (χ1v) is 10.3. The highest BCUT2D eigenvalue weighted by Crippen LogP contribution is 2.30. The molecule has 0 fully saturated rings. The van der Waals surface area contributed by atoms with Crippen molar-refractivity contribution in [3.63, 3.8) is 0 Å². The monoisotopic (exact) mass is 401 g/mol. The first-order chi connectivity index (χ1) is 13.6. The second kappa shape index (κ2) is 9.45. The van der Waals surface area contributed by atoms with Gasteiger partial charge in [0.25, 0.3) is 0 Å². The Bertz CT molecular complexity index is 905. The smallest absolute Gasteiger partial charge is 0.193 e. The molecule has 2 N–H and O–H groups in total. The first-order valence-electron chi connectivity index (χ1n) is 9.42. The molecule has 0 amide bonds. The van der Waals surface area contributed by atoms with Gasteiger partial charge in [-0.1, -0.05) is 6.07 Å². The summed E-state index contributed by atoms with van der Waals surface area (Å²) in [6.07, 6.45) is 4.03. The van der Waals surface area contributed by atoms with E-state index in [1.54, 1.807) is 18.4 Å². The minimum Gasteiger partial charge on any atom is -0.490 e. The Morgan fingerprint density at radius 3 is 2.75 bits per heavy atom. The van der Waals surface area contributed by atoms with Crippen molar-refractivity contribution in [3.05, 3.63) is 47.2 Å². The molecule has 0 bridgehead atoms. The molecule has 28 heavy (non-hydrogen) atoms. The SMILES string of the molecule is CCOc1ccc(C(C)NC(=NC)NCc2cn3ccsc3n2)cc1OCC. The highest BCUT2D eigenvalue weighted by atomic mass is 32.1. The fourth-order valence-electron chi connectivity index (χ4n) is 2.86. The van der Waals surface area contributed by atoms with Crippen LogP contribution >= 0.6 is 11.3 Å². The quantitative estimate of drug-likeness (QED) is 0.446. The number of imidazole rings is 1. The minimum atomic E-state index is 0.0478. The molecule has 1 aromatic carbocycles. The van der Waals surface area contributed by atoms with Gasteiger partial charge in [-0.25, -0.2) is 4.98 Å². The largest absolute Gasteiger partial charge is 0.490 e. The summed E-state index contributed by atoms with van der Waals surface area (Å²) >= 11 is 1.62. The summed E-state index contributed by atoms with van der Waals surface area (Å²) in [5.74, 6) is 2.25. The van der Waals surface area contributed by atoms with Crippen molar-refractivity contribution < 1.29 is 9.47 Å². The molecule has 3 rings (SSSR count). The molecule has 2 heterocycles. The van der Waals surface area contributed by atoms with E-state index in [9.17, 15) is 0 Å². The molecule has 0 saturated heterocycles. The number of guanidine groups is 1. The van der Waals surface area contributed by atoms with Crippen LogP contribution in [-0.2, 0) is 6.54 Å². The lowest BCUT2D eigenvalue weighted by molar-refractivity contribution is 0.287. The average molecular weight is 402 g/mol. The van der Waals surface area contributed by atoms with Gasteiger partial charge in [-0.05, 0) is 38.5 Å². The standard InChI is InChI=1S/C20H27N5O2S/c1-5-26-17-8-7-15(11-18(17)27-6-2)14(3)23-19(21-4)22-12-16-13-25-9-10-28-20(25)24-16/h7-11,13-14H,5-6,12H2,1-4H3,(H2,21,22,23). The van der Waals surface area contributed by atoms with Crippen LogP contribution in [0.3, 0.4) is 0 Å². The van der Waals surface area contributed by atoms with Crippen LogP contribution in [0.4, 0.5) is 0 Å². The van der Waals surface area contributed by atoms with E-state index in [0.29, 0.717) is 19.8 Å². The third-order valence-corrected chi connectivity index (χ3v) is 5.00. The normalized spacial score (nSPS) is 12.8. The molecule has 8 heteroatoms. The van der Waals surface area contributed by atoms with Crippen molar-refractivity contribution in [3.8, 4) is 11.5 Å². The maximum absolute atomic E-state index is 5.73. The molecule has 0 aliphatic heterocycles. The lowest BCUT2D eigenvalue weighted by Gasteiger charge is -2.19. The number of hydrogen-bond acceptors (Lipinski definition) is 5. The summed E-state index contributed by atoms with van der Waals surface area (Å²) in [5, 5.41) is 8.76. The minimum absolute atomic E-state index is 0.0478. The van der Waals surface area contributed by atoms with Crippen LogP contribution in [0.1, 0.15) is 38.1 Å². The fraction of sp³-hybridized carbons (Fsp3) is 0.400. The fourth-order valence-corrected chi connectivity index (χ4v) is 3.57. The highest BCUT2D eigenvalue weighted by molar-refractivity contribution is 7.15. The van der Waals surface area contributed by atoms with Crippen LogP contribution in [0.2, 0.25) is 0 Å².